The summed E-state index contributed by atoms with van der Waals surface area (Å²) in [5.74, 6) is -0.178. The smallest absolute Gasteiger partial charge is 0.271 e. The Labute approximate surface area is 148 Å². The zero-order chi connectivity index (χ0) is 17.1. The van der Waals surface area contributed by atoms with Crippen LogP contribution in [0, 0.1) is 0 Å². The highest BCUT2D eigenvalue weighted by atomic mass is 79.9. The van der Waals surface area contributed by atoms with Crippen LogP contribution in [-0.4, -0.2) is 46.5 Å². The van der Waals surface area contributed by atoms with Crippen LogP contribution < -0.4 is 5.32 Å². The van der Waals surface area contributed by atoms with Crippen LogP contribution in [0.25, 0.3) is 11.3 Å². The lowest BCUT2D eigenvalue weighted by molar-refractivity contribution is -0.121. The predicted molar refractivity (Wildman–Crippen MR) is 94.5 cm³/mol. The Morgan fingerprint density at radius 3 is 2.71 bits per heavy atom. The molecule has 3 rings (SSSR count). The molecule has 1 aliphatic carbocycles. The third-order valence-corrected chi connectivity index (χ3v) is 4.44. The van der Waals surface area contributed by atoms with Gasteiger partial charge >= 0.3 is 0 Å². The van der Waals surface area contributed by atoms with Gasteiger partial charge in [-0.2, -0.15) is 5.10 Å². The first kappa shape index (κ1) is 16.7. The second-order valence-electron chi connectivity index (χ2n) is 5.99. The van der Waals surface area contributed by atoms with Crippen LogP contribution in [0.2, 0.25) is 0 Å². The standard InChI is InChI=1S/C17H19BrN4O2/c1-22(9-8-16(23)19-13-6-7-13)17(24)15-10-14(20-21-15)11-2-4-12(18)5-3-11/h2-5,10,13H,6-9H2,1H3,(H,19,23)(H,20,21). The van der Waals surface area contributed by atoms with Crippen molar-refractivity contribution in [3.05, 3.63) is 40.5 Å². The largest absolute Gasteiger partial charge is 0.353 e. The lowest BCUT2D eigenvalue weighted by Crippen LogP contribution is -2.33. The topological polar surface area (TPSA) is 78.1 Å². The van der Waals surface area contributed by atoms with E-state index in [1.807, 2.05) is 24.3 Å². The third kappa shape index (κ3) is 4.23. The molecule has 1 saturated carbocycles. The Morgan fingerprint density at radius 1 is 1.33 bits per heavy atom. The van der Waals surface area contributed by atoms with Gasteiger partial charge in [0.05, 0.1) is 5.69 Å². The van der Waals surface area contributed by atoms with Gasteiger partial charge in [0.25, 0.3) is 5.91 Å². The summed E-state index contributed by atoms with van der Waals surface area (Å²) in [7, 11) is 1.69. The lowest BCUT2D eigenvalue weighted by Gasteiger charge is -2.15. The van der Waals surface area contributed by atoms with E-state index in [0.29, 0.717) is 30.4 Å². The summed E-state index contributed by atoms with van der Waals surface area (Å²) in [6.07, 6.45) is 2.44. The second kappa shape index (κ2) is 7.17. The number of aromatic amines is 1. The van der Waals surface area contributed by atoms with E-state index in [2.05, 4.69) is 31.4 Å². The van der Waals surface area contributed by atoms with Gasteiger partial charge in [0.15, 0.2) is 0 Å². The molecule has 0 saturated heterocycles. The minimum absolute atomic E-state index is 0.00249. The van der Waals surface area contributed by atoms with Gasteiger partial charge in [0, 0.05) is 36.1 Å². The summed E-state index contributed by atoms with van der Waals surface area (Å²) in [4.78, 5) is 25.6. The van der Waals surface area contributed by atoms with E-state index in [-0.39, 0.29) is 11.8 Å². The summed E-state index contributed by atoms with van der Waals surface area (Å²) < 4.78 is 0.988. The maximum atomic E-state index is 12.4. The molecule has 126 valence electrons. The maximum Gasteiger partial charge on any atom is 0.271 e. The Balaban J connectivity index is 1.58. The summed E-state index contributed by atoms with van der Waals surface area (Å²) in [5, 5.41) is 9.89. The van der Waals surface area contributed by atoms with Gasteiger partial charge in [-0.15, -0.1) is 0 Å². The van der Waals surface area contributed by atoms with Gasteiger partial charge in [-0.25, -0.2) is 0 Å². The number of amides is 2. The van der Waals surface area contributed by atoms with Crippen LogP contribution in [0.5, 0.6) is 0 Å². The van der Waals surface area contributed by atoms with Crippen LogP contribution in [0.3, 0.4) is 0 Å². The highest BCUT2D eigenvalue weighted by Crippen LogP contribution is 2.21. The van der Waals surface area contributed by atoms with Crippen molar-refractivity contribution in [2.75, 3.05) is 13.6 Å². The number of aromatic nitrogens is 2. The number of hydrogen-bond acceptors (Lipinski definition) is 3. The molecule has 7 heteroatoms. The molecule has 0 bridgehead atoms. The first-order chi connectivity index (χ1) is 11.5. The fourth-order valence-electron chi connectivity index (χ4n) is 2.30. The number of nitrogens with one attached hydrogen (secondary N) is 2. The van der Waals surface area contributed by atoms with E-state index in [1.165, 1.54) is 4.90 Å². The van der Waals surface area contributed by atoms with Crippen molar-refractivity contribution in [3.8, 4) is 11.3 Å². The molecule has 0 unspecified atom stereocenters. The SMILES string of the molecule is CN(CCC(=O)NC1CC1)C(=O)c1cc(-c2ccc(Br)cc2)n[nH]1. The predicted octanol–water partition coefficient (Wildman–Crippen LogP) is 2.58. The molecule has 2 N–H and O–H groups in total. The molecule has 2 amide bonds. The zero-order valence-corrected chi connectivity index (χ0v) is 15.0. The van der Waals surface area contributed by atoms with Crippen LogP contribution in [0.1, 0.15) is 29.8 Å². The fourth-order valence-corrected chi connectivity index (χ4v) is 2.57. The van der Waals surface area contributed by atoms with Gasteiger partial charge in [0.1, 0.15) is 5.69 Å². The number of rotatable bonds is 6. The summed E-state index contributed by atoms with van der Waals surface area (Å²) in [5.41, 5.74) is 2.06. The molecule has 1 aliphatic rings. The normalized spacial score (nSPS) is 13.6. The molecule has 0 aliphatic heterocycles. The van der Waals surface area contributed by atoms with Gasteiger partial charge in [-0.1, -0.05) is 28.1 Å². The number of hydrogen-bond donors (Lipinski definition) is 2. The molecule has 1 fully saturated rings. The van der Waals surface area contributed by atoms with Crippen molar-refractivity contribution in [1.29, 1.82) is 0 Å². The molecular formula is C17H19BrN4O2. The average Bonchev–Trinajstić information content (AvgIpc) is 3.25. The molecule has 6 nitrogen and oxygen atoms in total. The van der Waals surface area contributed by atoms with E-state index in [1.54, 1.807) is 13.1 Å². The Hall–Kier alpha value is -2.15. The van der Waals surface area contributed by atoms with E-state index in [9.17, 15) is 9.59 Å². The molecule has 24 heavy (non-hydrogen) atoms. The number of carbonyl (C=O) groups is 2. The number of carbonyl (C=O) groups excluding carboxylic acids is 2. The van der Waals surface area contributed by atoms with E-state index < -0.39 is 0 Å². The van der Waals surface area contributed by atoms with Crippen molar-refractivity contribution in [2.45, 2.75) is 25.3 Å². The molecule has 0 spiro atoms. The Kier molecular flexibility index (Phi) is 4.99. The van der Waals surface area contributed by atoms with Crippen molar-refractivity contribution in [1.82, 2.24) is 20.4 Å². The van der Waals surface area contributed by atoms with Crippen molar-refractivity contribution in [3.63, 3.8) is 0 Å². The Morgan fingerprint density at radius 2 is 2.04 bits per heavy atom. The Bertz CT molecular complexity index is 737. The van der Waals surface area contributed by atoms with Gasteiger partial charge in [-0.3, -0.25) is 14.7 Å². The van der Waals surface area contributed by atoms with E-state index >= 15 is 0 Å². The summed E-state index contributed by atoms with van der Waals surface area (Å²) >= 11 is 3.39. The molecule has 1 aromatic heterocycles. The first-order valence-electron chi connectivity index (χ1n) is 7.89. The van der Waals surface area contributed by atoms with Crippen LogP contribution >= 0.6 is 15.9 Å². The number of H-pyrrole nitrogens is 1. The fraction of sp³-hybridized carbons (Fsp3) is 0.353. The third-order valence-electron chi connectivity index (χ3n) is 3.91. The van der Waals surface area contributed by atoms with Gasteiger partial charge < -0.3 is 10.2 Å². The molecule has 0 radical (unpaired) electrons. The zero-order valence-electron chi connectivity index (χ0n) is 13.4. The lowest BCUT2D eigenvalue weighted by atomic mass is 10.1. The highest BCUT2D eigenvalue weighted by molar-refractivity contribution is 9.10. The van der Waals surface area contributed by atoms with Crippen molar-refractivity contribution < 1.29 is 9.59 Å². The van der Waals surface area contributed by atoms with Gasteiger partial charge in [0.2, 0.25) is 5.91 Å². The van der Waals surface area contributed by atoms with E-state index in [0.717, 1.165) is 22.9 Å². The average molecular weight is 391 g/mol. The van der Waals surface area contributed by atoms with Crippen LogP contribution in [-0.2, 0) is 4.79 Å². The molecule has 1 aromatic carbocycles. The monoisotopic (exact) mass is 390 g/mol. The van der Waals surface area contributed by atoms with Crippen molar-refractivity contribution in [2.24, 2.45) is 0 Å². The first-order valence-corrected chi connectivity index (χ1v) is 8.68. The minimum Gasteiger partial charge on any atom is -0.353 e. The molecule has 0 atom stereocenters. The number of nitrogens with zero attached hydrogens (tertiary/aromatic N) is 2. The minimum atomic E-state index is -0.176. The number of halogens is 1. The van der Waals surface area contributed by atoms with Gasteiger partial charge in [-0.05, 0) is 31.0 Å². The van der Waals surface area contributed by atoms with Crippen LogP contribution in [0.15, 0.2) is 34.8 Å². The highest BCUT2D eigenvalue weighted by Gasteiger charge is 2.23. The van der Waals surface area contributed by atoms with E-state index in [4.69, 9.17) is 0 Å². The van der Waals surface area contributed by atoms with Crippen LogP contribution in [0.4, 0.5) is 0 Å². The summed E-state index contributed by atoms with van der Waals surface area (Å²) in [6.45, 7) is 0.379. The maximum absolute atomic E-state index is 12.4. The second-order valence-corrected chi connectivity index (χ2v) is 6.91. The quantitative estimate of drug-likeness (QED) is 0.795. The van der Waals surface area contributed by atoms with Crippen molar-refractivity contribution >= 4 is 27.7 Å². The summed E-state index contributed by atoms with van der Waals surface area (Å²) in [6, 6.07) is 9.79. The number of benzene rings is 1. The molecule has 1 heterocycles. The molecular weight excluding hydrogens is 372 g/mol. The molecule has 2 aromatic rings.